The molecule has 1 fully saturated rings. The van der Waals surface area contributed by atoms with Crippen molar-refractivity contribution in [2.24, 2.45) is 0 Å². The zero-order valence-electron chi connectivity index (χ0n) is 13.2. The molecule has 0 saturated carbocycles. The number of anilines is 1. The van der Waals surface area contributed by atoms with Crippen LogP contribution in [0.2, 0.25) is 5.02 Å². The summed E-state index contributed by atoms with van der Waals surface area (Å²) in [5.41, 5.74) is 0.760. The molecule has 0 aromatic heterocycles. The Morgan fingerprint density at radius 1 is 1.23 bits per heavy atom. The van der Waals surface area contributed by atoms with Crippen LogP contribution in [0.4, 0.5) is 10.5 Å². The minimum absolute atomic E-state index is 0.0592. The Morgan fingerprint density at radius 2 is 1.86 bits per heavy atom. The van der Waals surface area contributed by atoms with Crippen molar-refractivity contribution in [2.75, 3.05) is 45.7 Å². The van der Waals surface area contributed by atoms with Gasteiger partial charge in [0.2, 0.25) is 0 Å². The van der Waals surface area contributed by atoms with E-state index < -0.39 is 0 Å². The maximum Gasteiger partial charge on any atom is 0.322 e. The van der Waals surface area contributed by atoms with Crippen molar-refractivity contribution in [3.63, 3.8) is 0 Å². The van der Waals surface area contributed by atoms with E-state index in [1.54, 1.807) is 12.1 Å². The summed E-state index contributed by atoms with van der Waals surface area (Å²) in [4.78, 5) is 16.6. The molecule has 1 aliphatic rings. The van der Waals surface area contributed by atoms with Crippen LogP contribution in [0, 0.1) is 0 Å². The SMILES string of the molecule is CN(C)CCN(C(=O)Nc1ccc(Cl)cc1)C1CCOCC1. The molecule has 0 bridgehead atoms. The lowest BCUT2D eigenvalue weighted by Gasteiger charge is -2.35. The smallest absolute Gasteiger partial charge is 0.322 e. The Hall–Kier alpha value is -1.30. The highest BCUT2D eigenvalue weighted by molar-refractivity contribution is 6.30. The largest absolute Gasteiger partial charge is 0.381 e. The number of ether oxygens (including phenoxy) is 1. The van der Waals surface area contributed by atoms with Crippen molar-refractivity contribution in [3.05, 3.63) is 29.3 Å². The summed E-state index contributed by atoms with van der Waals surface area (Å²) < 4.78 is 5.40. The fourth-order valence-electron chi connectivity index (χ4n) is 2.48. The normalized spacial score (nSPS) is 15.8. The van der Waals surface area contributed by atoms with Crippen LogP contribution in [0.1, 0.15) is 12.8 Å². The first-order valence-corrected chi connectivity index (χ1v) is 7.99. The van der Waals surface area contributed by atoms with E-state index in [4.69, 9.17) is 16.3 Å². The van der Waals surface area contributed by atoms with Gasteiger partial charge in [0, 0.05) is 43.1 Å². The maximum atomic E-state index is 12.6. The van der Waals surface area contributed by atoms with E-state index in [-0.39, 0.29) is 12.1 Å². The zero-order chi connectivity index (χ0) is 15.9. The molecule has 0 aliphatic carbocycles. The van der Waals surface area contributed by atoms with E-state index in [2.05, 4.69) is 10.2 Å². The van der Waals surface area contributed by atoms with Crippen LogP contribution in [0.25, 0.3) is 0 Å². The number of nitrogens with zero attached hydrogens (tertiary/aromatic N) is 2. The average molecular weight is 326 g/mol. The van der Waals surface area contributed by atoms with E-state index in [1.807, 2.05) is 31.1 Å². The monoisotopic (exact) mass is 325 g/mol. The molecule has 0 unspecified atom stereocenters. The lowest BCUT2D eigenvalue weighted by atomic mass is 10.1. The Balaban J connectivity index is 2.01. The van der Waals surface area contributed by atoms with Crippen LogP contribution in [0.15, 0.2) is 24.3 Å². The quantitative estimate of drug-likeness (QED) is 0.905. The summed E-state index contributed by atoms with van der Waals surface area (Å²) in [5.74, 6) is 0. The van der Waals surface area contributed by atoms with E-state index in [0.29, 0.717) is 11.6 Å². The maximum absolute atomic E-state index is 12.6. The molecule has 1 heterocycles. The Kier molecular flexibility index (Phi) is 6.49. The highest BCUT2D eigenvalue weighted by Crippen LogP contribution is 2.18. The minimum atomic E-state index is -0.0592. The lowest BCUT2D eigenvalue weighted by Crippen LogP contribution is -2.48. The molecule has 1 aromatic carbocycles. The van der Waals surface area contributed by atoms with Gasteiger partial charge < -0.3 is 19.9 Å². The molecular formula is C16H24ClN3O2. The van der Waals surface area contributed by atoms with Crippen molar-refractivity contribution >= 4 is 23.3 Å². The Bertz CT molecular complexity index is 473. The van der Waals surface area contributed by atoms with Gasteiger partial charge in [-0.15, -0.1) is 0 Å². The third-order valence-electron chi connectivity index (χ3n) is 3.78. The summed E-state index contributed by atoms with van der Waals surface area (Å²) in [6.45, 7) is 2.98. The predicted molar refractivity (Wildman–Crippen MR) is 89.6 cm³/mol. The van der Waals surface area contributed by atoms with Crippen LogP contribution in [-0.4, -0.2) is 62.3 Å². The third-order valence-corrected chi connectivity index (χ3v) is 4.03. The predicted octanol–water partition coefficient (Wildman–Crippen LogP) is 2.91. The van der Waals surface area contributed by atoms with Crippen molar-refractivity contribution in [3.8, 4) is 0 Å². The molecule has 1 saturated heterocycles. The summed E-state index contributed by atoms with van der Waals surface area (Å²) >= 11 is 5.87. The average Bonchev–Trinajstić information content (AvgIpc) is 2.50. The molecule has 2 amide bonds. The number of likely N-dealkylation sites (N-methyl/N-ethyl adjacent to an activating group) is 1. The molecule has 0 atom stereocenters. The van der Waals surface area contributed by atoms with Crippen LogP contribution < -0.4 is 5.32 Å². The first kappa shape index (κ1) is 17.1. The van der Waals surface area contributed by atoms with E-state index in [9.17, 15) is 4.79 Å². The fraction of sp³-hybridized carbons (Fsp3) is 0.562. The summed E-state index contributed by atoms with van der Waals surface area (Å²) in [5, 5.41) is 3.62. The van der Waals surface area contributed by atoms with Crippen molar-refractivity contribution in [1.29, 1.82) is 0 Å². The van der Waals surface area contributed by atoms with E-state index in [0.717, 1.165) is 38.3 Å². The molecule has 122 valence electrons. The second kappa shape index (κ2) is 8.36. The zero-order valence-corrected chi connectivity index (χ0v) is 14.0. The van der Waals surface area contributed by atoms with Crippen LogP contribution >= 0.6 is 11.6 Å². The van der Waals surface area contributed by atoms with Gasteiger partial charge in [-0.3, -0.25) is 0 Å². The molecule has 0 spiro atoms. The summed E-state index contributed by atoms with van der Waals surface area (Å²) in [7, 11) is 4.03. The number of urea groups is 1. The highest BCUT2D eigenvalue weighted by Gasteiger charge is 2.25. The van der Waals surface area contributed by atoms with Gasteiger partial charge in [0.15, 0.2) is 0 Å². The van der Waals surface area contributed by atoms with Crippen LogP contribution in [0.5, 0.6) is 0 Å². The van der Waals surface area contributed by atoms with Crippen molar-refractivity contribution in [1.82, 2.24) is 9.80 Å². The molecule has 5 nitrogen and oxygen atoms in total. The lowest BCUT2D eigenvalue weighted by molar-refractivity contribution is 0.0466. The van der Waals surface area contributed by atoms with Crippen molar-refractivity contribution < 1.29 is 9.53 Å². The number of hydrogen-bond acceptors (Lipinski definition) is 3. The number of nitrogens with one attached hydrogen (secondary N) is 1. The Labute approximate surface area is 137 Å². The number of halogens is 1. The topological polar surface area (TPSA) is 44.8 Å². The van der Waals surface area contributed by atoms with Gasteiger partial charge in [0.25, 0.3) is 0 Å². The molecule has 6 heteroatoms. The standard InChI is InChI=1S/C16H24ClN3O2/c1-19(2)9-10-20(15-7-11-22-12-8-15)16(21)18-14-5-3-13(17)4-6-14/h3-6,15H,7-12H2,1-2H3,(H,18,21). The van der Waals surface area contributed by atoms with Gasteiger partial charge in [0.05, 0.1) is 0 Å². The van der Waals surface area contributed by atoms with Gasteiger partial charge in [-0.25, -0.2) is 4.79 Å². The number of benzene rings is 1. The van der Waals surface area contributed by atoms with Crippen LogP contribution in [0.3, 0.4) is 0 Å². The molecule has 0 radical (unpaired) electrons. The van der Waals surface area contributed by atoms with Gasteiger partial charge in [-0.2, -0.15) is 0 Å². The number of carbonyl (C=O) groups excluding carboxylic acids is 1. The number of rotatable bonds is 5. The van der Waals surface area contributed by atoms with Gasteiger partial charge in [-0.1, -0.05) is 11.6 Å². The molecule has 1 N–H and O–H groups in total. The van der Waals surface area contributed by atoms with Crippen LogP contribution in [-0.2, 0) is 4.74 Å². The number of carbonyl (C=O) groups is 1. The second-order valence-corrected chi connectivity index (χ2v) is 6.21. The molecular weight excluding hydrogens is 302 g/mol. The first-order valence-electron chi connectivity index (χ1n) is 7.62. The molecule has 2 rings (SSSR count). The molecule has 1 aromatic rings. The number of hydrogen-bond donors (Lipinski definition) is 1. The van der Waals surface area contributed by atoms with Gasteiger partial charge in [-0.05, 0) is 51.2 Å². The second-order valence-electron chi connectivity index (χ2n) is 5.78. The third kappa shape index (κ3) is 5.16. The molecule has 1 aliphatic heterocycles. The fourth-order valence-corrected chi connectivity index (χ4v) is 2.61. The summed E-state index contributed by atoms with van der Waals surface area (Å²) in [6.07, 6.45) is 1.78. The molecule has 22 heavy (non-hydrogen) atoms. The van der Waals surface area contributed by atoms with E-state index in [1.165, 1.54) is 0 Å². The highest BCUT2D eigenvalue weighted by atomic mass is 35.5. The van der Waals surface area contributed by atoms with Crippen molar-refractivity contribution in [2.45, 2.75) is 18.9 Å². The Morgan fingerprint density at radius 3 is 2.45 bits per heavy atom. The number of amides is 2. The first-order chi connectivity index (χ1) is 10.6. The van der Waals surface area contributed by atoms with Gasteiger partial charge in [0.1, 0.15) is 0 Å². The van der Waals surface area contributed by atoms with Gasteiger partial charge >= 0.3 is 6.03 Å². The summed E-state index contributed by atoms with van der Waals surface area (Å²) in [6, 6.07) is 7.35. The minimum Gasteiger partial charge on any atom is -0.381 e. The van der Waals surface area contributed by atoms with E-state index >= 15 is 0 Å².